The van der Waals surface area contributed by atoms with Gasteiger partial charge in [0.2, 0.25) is 0 Å². The first-order valence-electron chi connectivity index (χ1n) is 3.51. The van der Waals surface area contributed by atoms with Gasteiger partial charge in [-0.25, -0.2) is 0 Å². The average molecular weight is 231 g/mol. The largest absolute Gasteiger partial charge is 0.143 e. The van der Waals surface area contributed by atoms with Crippen molar-refractivity contribution in [1.82, 2.24) is 0 Å². The van der Waals surface area contributed by atoms with Crippen LogP contribution in [0.25, 0.3) is 0 Å². The van der Waals surface area contributed by atoms with Gasteiger partial charge in [0.05, 0.1) is 0 Å². The SMILES string of the molecule is Cc1c(S)ccc(CBr)c1C. The molecule has 0 nitrogen and oxygen atoms in total. The highest BCUT2D eigenvalue weighted by Gasteiger charge is 2.01. The van der Waals surface area contributed by atoms with Crippen molar-refractivity contribution in [1.29, 1.82) is 0 Å². The molecule has 0 radical (unpaired) electrons. The molecule has 0 spiro atoms. The van der Waals surface area contributed by atoms with Crippen molar-refractivity contribution in [2.24, 2.45) is 0 Å². The van der Waals surface area contributed by atoms with Crippen LogP contribution < -0.4 is 0 Å². The Kier molecular flexibility index (Phi) is 3.02. The van der Waals surface area contributed by atoms with Gasteiger partial charge in [0.25, 0.3) is 0 Å². The van der Waals surface area contributed by atoms with Crippen LogP contribution in [-0.2, 0) is 5.33 Å². The third-order valence-corrected chi connectivity index (χ3v) is 3.10. The van der Waals surface area contributed by atoms with E-state index in [4.69, 9.17) is 0 Å². The molecule has 11 heavy (non-hydrogen) atoms. The van der Waals surface area contributed by atoms with Gasteiger partial charge < -0.3 is 0 Å². The maximum absolute atomic E-state index is 4.34. The summed E-state index contributed by atoms with van der Waals surface area (Å²) in [6, 6.07) is 4.15. The zero-order valence-electron chi connectivity index (χ0n) is 6.69. The zero-order chi connectivity index (χ0) is 8.43. The first-order chi connectivity index (χ1) is 5.16. The molecule has 0 fully saturated rings. The summed E-state index contributed by atoms with van der Waals surface area (Å²) in [6.07, 6.45) is 0. The molecule has 0 aliphatic carbocycles. The van der Waals surface area contributed by atoms with Crippen LogP contribution in [0.5, 0.6) is 0 Å². The molecule has 0 saturated heterocycles. The second-order valence-electron chi connectivity index (χ2n) is 2.63. The predicted octanol–water partition coefficient (Wildman–Crippen LogP) is 3.49. The molecule has 1 rings (SSSR count). The van der Waals surface area contributed by atoms with E-state index in [-0.39, 0.29) is 0 Å². The van der Waals surface area contributed by atoms with Crippen molar-refractivity contribution < 1.29 is 0 Å². The third-order valence-electron chi connectivity index (χ3n) is 2.01. The van der Waals surface area contributed by atoms with Gasteiger partial charge in [0, 0.05) is 10.2 Å². The summed E-state index contributed by atoms with van der Waals surface area (Å²) in [5, 5.41) is 0.924. The monoisotopic (exact) mass is 230 g/mol. The van der Waals surface area contributed by atoms with Crippen molar-refractivity contribution in [2.75, 3.05) is 0 Å². The number of rotatable bonds is 1. The van der Waals surface area contributed by atoms with Gasteiger partial charge in [-0.3, -0.25) is 0 Å². The fourth-order valence-corrected chi connectivity index (χ4v) is 1.86. The van der Waals surface area contributed by atoms with E-state index in [1.165, 1.54) is 16.7 Å². The summed E-state index contributed by atoms with van der Waals surface area (Å²) in [5.41, 5.74) is 3.97. The lowest BCUT2D eigenvalue weighted by Crippen LogP contribution is -1.89. The minimum atomic E-state index is 0.924. The molecule has 0 aliphatic heterocycles. The summed E-state index contributed by atoms with van der Waals surface area (Å²) >= 11 is 7.78. The number of halogens is 1. The molecular formula is C9H11BrS. The molecule has 1 aromatic carbocycles. The van der Waals surface area contributed by atoms with Crippen LogP contribution >= 0.6 is 28.6 Å². The molecule has 0 aromatic heterocycles. The maximum Gasteiger partial charge on any atom is 0.0285 e. The lowest BCUT2D eigenvalue weighted by molar-refractivity contribution is 1.18. The standard InChI is InChI=1S/C9H11BrS/c1-6-7(2)9(11)4-3-8(6)5-10/h3-4,11H,5H2,1-2H3. The lowest BCUT2D eigenvalue weighted by atomic mass is 10.1. The van der Waals surface area contributed by atoms with Gasteiger partial charge >= 0.3 is 0 Å². The summed E-state index contributed by atoms with van der Waals surface area (Å²) in [7, 11) is 0. The molecule has 0 bridgehead atoms. The first-order valence-corrected chi connectivity index (χ1v) is 5.07. The minimum Gasteiger partial charge on any atom is -0.143 e. The van der Waals surface area contributed by atoms with Gasteiger partial charge in [0.15, 0.2) is 0 Å². The smallest absolute Gasteiger partial charge is 0.0285 e. The van der Waals surface area contributed by atoms with Gasteiger partial charge in [0.1, 0.15) is 0 Å². The van der Waals surface area contributed by atoms with Crippen LogP contribution in [0.3, 0.4) is 0 Å². The Morgan fingerprint density at radius 3 is 2.45 bits per heavy atom. The molecule has 0 saturated carbocycles. The number of thiol groups is 1. The number of alkyl halides is 1. The Balaban J connectivity index is 3.25. The Labute approximate surface area is 81.5 Å². The van der Waals surface area contributed by atoms with E-state index in [0.717, 1.165) is 10.2 Å². The van der Waals surface area contributed by atoms with Crippen LogP contribution in [0, 0.1) is 13.8 Å². The summed E-state index contributed by atoms with van der Waals surface area (Å²) in [4.78, 5) is 1.08. The van der Waals surface area contributed by atoms with E-state index >= 15 is 0 Å². The number of benzene rings is 1. The summed E-state index contributed by atoms with van der Waals surface area (Å²) < 4.78 is 0. The highest BCUT2D eigenvalue weighted by Crippen LogP contribution is 2.21. The molecule has 0 amide bonds. The van der Waals surface area contributed by atoms with E-state index in [1.807, 2.05) is 6.07 Å². The third kappa shape index (κ3) is 1.79. The highest BCUT2D eigenvalue weighted by atomic mass is 79.9. The van der Waals surface area contributed by atoms with Crippen molar-refractivity contribution in [2.45, 2.75) is 24.1 Å². The van der Waals surface area contributed by atoms with Crippen molar-refractivity contribution in [3.05, 3.63) is 28.8 Å². The molecule has 0 atom stereocenters. The van der Waals surface area contributed by atoms with E-state index in [2.05, 4.69) is 48.5 Å². The average Bonchev–Trinajstić information content (AvgIpc) is 2.01. The molecule has 0 unspecified atom stereocenters. The highest BCUT2D eigenvalue weighted by molar-refractivity contribution is 9.08. The lowest BCUT2D eigenvalue weighted by Gasteiger charge is -2.07. The Hall–Kier alpha value is 0.0500. The van der Waals surface area contributed by atoms with Crippen LogP contribution in [0.4, 0.5) is 0 Å². The van der Waals surface area contributed by atoms with Gasteiger partial charge in [-0.05, 0) is 36.6 Å². The molecule has 2 heteroatoms. The zero-order valence-corrected chi connectivity index (χ0v) is 9.17. The quantitative estimate of drug-likeness (QED) is 0.555. The molecular weight excluding hydrogens is 220 g/mol. The van der Waals surface area contributed by atoms with E-state index in [0.29, 0.717) is 0 Å². The molecule has 60 valence electrons. The first kappa shape index (κ1) is 9.14. The summed E-state index contributed by atoms with van der Waals surface area (Å²) in [6.45, 7) is 4.23. The maximum atomic E-state index is 4.34. The number of hydrogen-bond acceptors (Lipinski definition) is 1. The van der Waals surface area contributed by atoms with E-state index in [9.17, 15) is 0 Å². The van der Waals surface area contributed by atoms with Crippen LogP contribution in [0.1, 0.15) is 16.7 Å². The predicted molar refractivity (Wildman–Crippen MR) is 55.8 cm³/mol. The van der Waals surface area contributed by atoms with E-state index in [1.54, 1.807) is 0 Å². The molecule has 1 aromatic rings. The minimum absolute atomic E-state index is 0.924. The second kappa shape index (κ2) is 3.63. The van der Waals surface area contributed by atoms with E-state index < -0.39 is 0 Å². The molecule has 0 heterocycles. The van der Waals surface area contributed by atoms with Crippen molar-refractivity contribution >= 4 is 28.6 Å². The fourth-order valence-electron chi connectivity index (χ4n) is 1.01. The van der Waals surface area contributed by atoms with Crippen LogP contribution in [-0.4, -0.2) is 0 Å². The Morgan fingerprint density at radius 2 is 1.91 bits per heavy atom. The van der Waals surface area contributed by atoms with Crippen LogP contribution in [0.2, 0.25) is 0 Å². The molecule has 0 aliphatic rings. The number of hydrogen-bond donors (Lipinski definition) is 1. The van der Waals surface area contributed by atoms with Gasteiger partial charge in [-0.1, -0.05) is 22.0 Å². The Morgan fingerprint density at radius 1 is 1.27 bits per heavy atom. The van der Waals surface area contributed by atoms with Crippen molar-refractivity contribution in [3.8, 4) is 0 Å². The van der Waals surface area contributed by atoms with Gasteiger partial charge in [-0.15, -0.1) is 12.6 Å². The van der Waals surface area contributed by atoms with Gasteiger partial charge in [-0.2, -0.15) is 0 Å². The fraction of sp³-hybridized carbons (Fsp3) is 0.333. The second-order valence-corrected chi connectivity index (χ2v) is 3.67. The van der Waals surface area contributed by atoms with Crippen LogP contribution in [0.15, 0.2) is 17.0 Å². The molecule has 0 N–H and O–H groups in total. The summed E-state index contributed by atoms with van der Waals surface area (Å²) in [5.74, 6) is 0. The topological polar surface area (TPSA) is 0 Å². The van der Waals surface area contributed by atoms with Crippen molar-refractivity contribution in [3.63, 3.8) is 0 Å². The Bertz CT molecular complexity index is 269. The normalized spacial score (nSPS) is 10.2.